The van der Waals surface area contributed by atoms with Crippen LogP contribution >= 0.6 is 0 Å². The number of aliphatic carboxylic acids is 1. The summed E-state index contributed by atoms with van der Waals surface area (Å²) in [5, 5.41) is 11.0. The number of nitrogens with zero attached hydrogens (tertiary/aromatic N) is 1. The number of carboxylic acid groups (broad SMARTS) is 1. The number of aldehydes is 1. The van der Waals surface area contributed by atoms with Crippen LogP contribution in [0.1, 0.15) is 53.4 Å². The molecule has 0 spiro atoms. The lowest BCUT2D eigenvalue weighted by Crippen LogP contribution is -2.64. The Bertz CT molecular complexity index is 979. The standard InChI is InChI=1S/C28H39F2NO5/c1-16(2)22-9-19-10-26(14-32)21-6-5-17(3)20(21)11-27(19,28(22,26)25(33)34)15-35-24-13-31(8-7-23(29)30)12-18(4)36-24/h7,9,14,16-21,24H,5-6,8,10-13,15H2,1-4H3,(H,33,34)/t17-,18-,19+,20-,21-,24-,26+,27?,28+/m1/s1. The smallest absolute Gasteiger partial charge is 0.315 e. The third kappa shape index (κ3) is 3.36. The fourth-order valence-corrected chi connectivity index (χ4v) is 9.31. The number of carbonyl (C=O) groups is 2. The van der Waals surface area contributed by atoms with Gasteiger partial charge in [-0.3, -0.25) is 9.69 Å². The van der Waals surface area contributed by atoms with E-state index in [1.165, 1.54) is 0 Å². The molecule has 1 aliphatic heterocycles. The lowest BCUT2D eigenvalue weighted by Gasteiger charge is -2.58. The largest absolute Gasteiger partial charge is 0.481 e. The Labute approximate surface area is 212 Å². The molecule has 1 heterocycles. The van der Waals surface area contributed by atoms with Gasteiger partial charge in [0.05, 0.1) is 18.1 Å². The molecule has 1 N–H and O–H groups in total. The van der Waals surface area contributed by atoms with Gasteiger partial charge in [0.1, 0.15) is 11.7 Å². The zero-order valence-corrected chi connectivity index (χ0v) is 21.7. The van der Waals surface area contributed by atoms with Gasteiger partial charge in [0, 0.05) is 25.0 Å². The molecule has 0 aromatic carbocycles. The fourth-order valence-electron chi connectivity index (χ4n) is 9.31. The van der Waals surface area contributed by atoms with Gasteiger partial charge < -0.3 is 19.4 Å². The molecule has 4 fully saturated rings. The van der Waals surface area contributed by atoms with Crippen LogP contribution < -0.4 is 0 Å². The molecule has 1 unspecified atom stereocenters. The molecule has 1 saturated heterocycles. The van der Waals surface area contributed by atoms with Crippen molar-refractivity contribution in [3.05, 3.63) is 23.8 Å². The molecule has 0 amide bonds. The van der Waals surface area contributed by atoms with Crippen LogP contribution in [0.2, 0.25) is 0 Å². The monoisotopic (exact) mass is 507 g/mol. The summed E-state index contributed by atoms with van der Waals surface area (Å²) in [4.78, 5) is 28.4. The number of carboxylic acids is 1. The van der Waals surface area contributed by atoms with E-state index < -0.39 is 34.6 Å². The number of ether oxygens (including phenoxy) is 2. The minimum atomic E-state index is -1.71. The van der Waals surface area contributed by atoms with Gasteiger partial charge in [0.2, 0.25) is 0 Å². The van der Waals surface area contributed by atoms with E-state index in [-0.39, 0.29) is 42.9 Å². The Morgan fingerprint density at radius 1 is 1.28 bits per heavy atom. The molecule has 8 heteroatoms. The van der Waals surface area contributed by atoms with Gasteiger partial charge in [-0.15, -0.1) is 0 Å². The maximum absolute atomic E-state index is 13.5. The Hall–Kier alpha value is -1.64. The molecule has 9 atom stereocenters. The fraction of sp³-hybridized carbons (Fsp3) is 0.786. The average molecular weight is 508 g/mol. The van der Waals surface area contributed by atoms with Crippen molar-refractivity contribution < 1.29 is 33.0 Å². The molecule has 0 aromatic heterocycles. The van der Waals surface area contributed by atoms with E-state index in [0.717, 1.165) is 37.2 Å². The third-order valence-electron chi connectivity index (χ3n) is 10.5. The Morgan fingerprint density at radius 3 is 2.67 bits per heavy atom. The van der Waals surface area contributed by atoms with Gasteiger partial charge in [-0.1, -0.05) is 38.8 Å². The molecule has 6 nitrogen and oxygen atoms in total. The van der Waals surface area contributed by atoms with Gasteiger partial charge in [0.25, 0.3) is 6.08 Å². The minimum Gasteiger partial charge on any atom is -0.481 e. The zero-order chi connectivity index (χ0) is 26.0. The number of halogens is 2. The summed E-state index contributed by atoms with van der Waals surface area (Å²) < 4.78 is 37.8. The topological polar surface area (TPSA) is 76.1 Å². The van der Waals surface area contributed by atoms with Crippen LogP contribution in [0.4, 0.5) is 8.78 Å². The van der Waals surface area contributed by atoms with Crippen LogP contribution in [0, 0.1) is 45.8 Å². The van der Waals surface area contributed by atoms with Crippen LogP contribution in [0.5, 0.6) is 0 Å². The lowest BCUT2D eigenvalue weighted by atomic mass is 9.43. The summed E-state index contributed by atoms with van der Waals surface area (Å²) in [5.74, 6) is -0.149. The van der Waals surface area contributed by atoms with Crippen molar-refractivity contribution in [3.8, 4) is 0 Å². The number of hydrogen-bond donors (Lipinski definition) is 1. The summed E-state index contributed by atoms with van der Waals surface area (Å²) in [7, 11) is 0. The average Bonchev–Trinajstić information content (AvgIpc) is 3.38. The molecule has 4 bridgehead atoms. The first-order valence-electron chi connectivity index (χ1n) is 13.4. The molecule has 0 radical (unpaired) electrons. The van der Waals surface area contributed by atoms with E-state index in [0.29, 0.717) is 25.4 Å². The van der Waals surface area contributed by atoms with Crippen molar-refractivity contribution in [1.82, 2.24) is 4.90 Å². The molecule has 200 valence electrons. The van der Waals surface area contributed by atoms with E-state index in [2.05, 4.69) is 13.0 Å². The summed E-state index contributed by atoms with van der Waals surface area (Å²) >= 11 is 0. The second-order valence-corrected chi connectivity index (χ2v) is 12.4. The van der Waals surface area contributed by atoms with Crippen LogP contribution in [0.25, 0.3) is 0 Å². The SMILES string of the molecule is CC(C)C1=C[C@H]2C[C@]3(C=O)[C@@H]4CC[C@@H](C)[C@H]4CC2(CO[C@H]2CN(CC=C(F)F)C[C@@H](C)O2)[C@]13C(=O)O. The van der Waals surface area contributed by atoms with Crippen molar-refractivity contribution in [2.45, 2.75) is 65.8 Å². The minimum absolute atomic E-state index is 0.00399. The van der Waals surface area contributed by atoms with E-state index >= 15 is 0 Å². The molecule has 5 rings (SSSR count). The number of allylic oxidation sites excluding steroid dienone is 1. The highest BCUT2D eigenvalue weighted by molar-refractivity contribution is 5.90. The van der Waals surface area contributed by atoms with Crippen LogP contribution in [-0.4, -0.2) is 60.9 Å². The summed E-state index contributed by atoms with van der Waals surface area (Å²) in [6.07, 6.45) is 4.70. The third-order valence-corrected chi connectivity index (χ3v) is 10.5. The first kappa shape index (κ1) is 26.0. The van der Waals surface area contributed by atoms with Gasteiger partial charge in [-0.25, -0.2) is 0 Å². The quantitative estimate of drug-likeness (QED) is 0.377. The van der Waals surface area contributed by atoms with Crippen molar-refractivity contribution >= 4 is 12.3 Å². The highest BCUT2D eigenvalue weighted by atomic mass is 19.3. The summed E-state index contributed by atoms with van der Waals surface area (Å²) in [6.45, 7) is 9.31. The highest BCUT2D eigenvalue weighted by Crippen LogP contribution is 2.82. The van der Waals surface area contributed by atoms with Gasteiger partial charge in [0.15, 0.2) is 6.29 Å². The molecular formula is C28H39F2NO5. The second-order valence-electron chi connectivity index (χ2n) is 12.4. The van der Waals surface area contributed by atoms with Gasteiger partial charge in [-0.05, 0) is 61.9 Å². The predicted octanol–water partition coefficient (Wildman–Crippen LogP) is 4.75. The number of fused-ring (bicyclic) bond motifs is 2. The summed E-state index contributed by atoms with van der Waals surface area (Å²) in [6, 6.07) is 0. The molecule has 0 aromatic rings. The Morgan fingerprint density at radius 2 is 2.03 bits per heavy atom. The summed E-state index contributed by atoms with van der Waals surface area (Å²) in [5.41, 5.74) is -2.06. The number of morpholine rings is 1. The number of hydrogen-bond acceptors (Lipinski definition) is 5. The van der Waals surface area contributed by atoms with E-state index in [1.807, 2.05) is 25.7 Å². The molecule has 5 aliphatic rings. The van der Waals surface area contributed by atoms with E-state index in [1.54, 1.807) is 0 Å². The van der Waals surface area contributed by atoms with Gasteiger partial charge in [-0.2, -0.15) is 8.78 Å². The Balaban J connectivity index is 1.51. The first-order valence-corrected chi connectivity index (χ1v) is 13.4. The highest BCUT2D eigenvalue weighted by Gasteiger charge is 2.84. The molecule has 3 saturated carbocycles. The second kappa shape index (κ2) is 8.98. The van der Waals surface area contributed by atoms with Gasteiger partial charge >= 0.3 is 5.97 Å². The lowest BCUT2D eigenvalue weighted by molar-refractivity contribution is -0.235. The van der Waals surface area contributed by atoms with E-state index in [4.69, 9.17) is 9.47 Å². The van der Waals surface area contributed by atoms with Crippen molar-refractivity contribution in [1.29, 1.82) is 0 Å². The number of rotatable bonds is 8. The van der Waals surface area contributed by atoms with Crippen LogP contribution in [0.15, 0.2) is 23.8 Å². The Kier molecular flexibility index (Phi) is 6.48. The maximum atomic E-state index is 13.5. The molecule has 36 heavy (non-hydrogen) atoms. The van der Waals surface area contributed by atoms with Crippen molar-refractivity contribution in [2.75, 3.05) is 26.2 Å². The van der Waals surface area contributed by atoms with Crippen molar-refractivity contribution in [2.24, 2.45) is 45.8 Å². The number of carbonyl (C=O) groups excluding carboxylic acids is 1. The van der Waals surface area contributed by atoms with Crippen molar-refractivity contribution in [3.63, 3.8) is 0 Å². The van der Waals surface area contributed by atoms with Crippen LogP contribution in [0.3, 0.4) is 0 Å². The van der Waals surface area contributed by atoms with E-state index in [9.17, 15) is 23.5 Å². The first-order chi connectivity index (χ1) is 17.0. The normalized spacial score (nSPS) is 45.5. The molecular weight excluding hydrogens is 468 g/mol. The molecule has 4 aliphatic carbocycles. The van der Waals surface area contributed by atoms with Crippen LogP contribution in [-0.2, 0) is 19.1 Å². The zero-order valence-electron chi connectivity index (χ0n) is 21.7. The maximum Gasteiger partial charge on any atom is 0.315 e. The predicted molar refractivity (Wildman–Crippen MR) is 129 cm³/mol.